The molecule has 0 spiro atoms. The fourth-order valence-corrected chi connectivity index (χ4v) is 2.17. The number of rotatable bonds is 3. The Morgan fingerprint density at radius 3 is 3.00 bits per heavy atom. The van der Waals surface area contributed by atoms with E-state index in [-0.39, 0.29) is 18.1 Å². The van der Waals surface area contributed by atoms with Crippen LogP contribution in [0.2, 0.25) is 0 Å². The Morgan fingerprint density at radius 2 is 2.32 bits per heavy atom. The van der Waals surface area contributed by atoms with Crippen LogP contribution in [-0.2, 0) is 13.0 Å². The predicted molar refractivity (Wildman–Crippen MR) is 69.4 cm³/mol. The van der Waals surface area contributed by atoms with E-state index in [1.165, 1.54) is 12.3 Å². The summed E-state index contributed by atoms with van der Waals surface area (Å²) >= 11 is 5.51. The van der Waals surface area contributed by atoms with E-state index in [0.717, 1.165) is 5.69 Å². The number of urea groups is 1. The van der Waals surface area contributed by atoms with Crippen LogP contribution in [0.25, 0.3) is 0 Å². The number of nitrogens with one attached hydrogen (secondary N) is 1. The molecule has 1 aliphatic rings. The minimum Gasteiger partial charge on any atom is -0.478 e. The summed E-state index contributed by atoms with van der Waals surface area (Å²) in [5, 5.41) is 11.8. The maximum Gasteiger partial charge on any atom is 0.336 e. The van der Waals surface area contributed by atoms with Crippen molar-refractivity contribution in [2.75, 3.05) is 19.0 Å². The molecule has 2 heterocycles. The second-order valence-corrected chi connectivity index (χ2v) is 4.56. The van der Waals surface area contributed by atoms with E-state index >= 15 is 0 Å². The van der Waals surface area contributed by atoms with E-state index in [2.05, 4.69) is 10.3 Å². The molecule has 102 valence electrons. The van der Waals surface area contributed by atoms with Crippen molar-refractivity contribution in [3.05, 3.63) is 29.1 Å². The number of hydrogen-bond acceptors (Lipinski definition) is 3. The van der Waals surface area contributed by atoms with Gasteiger partial charge < -0.3 is 15.3 Å². The molecule has 0 bridgehead atoms. The fraction of sp³-hybridized carbons (Fsp3) is 0.417. The third-order valence-corrected chi connectivity index (χ3v) is 3.19. The lowest BCUT2D eigenvalue weighted by molar-refractivity contribution is 0.0693. The number of hydrogen-bond donors (Lipinski definition) is 2. The van der Waals surface area contributed by atoms with Gasteiger partial charge in [0.15, 0.2) is 0 Å². The highest BCUT2D eigenvalue weighted by atomic mass is 35.5. The quantitative estimate of drug-likeness (QED) is 0.814. The van der Waals surface area contributed by atoms with Crippen LogP contribution >= 0.6 is 11.6 Å². The van der Waals surface area contributed by atoms with Crippen LogP contribution in [0.15, 0.2) is 12.3 Å². The molecule has 0 fully saturated rings. The number of carbonyl (C=O) groups is 2. The van der Waals surface area contributed by atoms with Gasteiger partial charge in [-0.3, -0.25) is 4.98 Å². The zero-order valence-corrected chi connectivity index (χ0v) is 11.0. The van der Waals surface area contributed by atoms with Crippen LogP contribution in [-0.4, -0.2) is 46.0 Å². The molecule has 0 aliphatic carbocycles. The van der Waals surface area contributed by atoms with Crippen LogP contribution < -0.4 is 5.32 Å². The van der Waals surface area contributed by atoms with E-state index in [0.29, 0.717) is 31.0 Å². The maximum absolute atomic E-state index is 11.8. The highest BCUT2D eigenvalue weighted by molar-refractivity contribution is 6.18. The number of alkyl halides is 1. The number of fused-ring (bicyclic) bond motifs is 1. The van der Waals surface area contributed by atoms with Gasteiger partial charge >= 0.3 is 12.0 Å². The van der Waals surface area contributed by atoms with E-state index in [1.807, 2.05) is 0 Å². The van der Waals surface area contributed by atoms with Crippen molar-refractivity contribution < 1.29 is 14.7 Å². The van der Waals surface area contributed by atoms with E-state index < -0.39 is 5.97 Å². The van der Waals surface area contributed by atoms with Crippen molar-refractivity contribution in [1.29, 1.82) is 0 Å². The molecular formula is C12H14ClN3O3. The minimum atomic E-state index is -0.998. The Morgan fingerprint density at radius 1 is 1.53 bits per heavy atom. The second kappa shape index (κ2) is 5.88. The first-order valence-corrected chi connectivity index (χ1v) is 6.45. The van der Waals surface area contributed by atoms with Gasteiger partial charge in [0.2, 0.25) is 0 Å². The molecule has 2 rings (SSSR count). The summed E-state index contributed by atoms with van der Waals surface area (Å²) in [6.45, 7) is 1.18. The summed E-state index contributed by atoms with van der Waals surface area (Å²) in [5.41, 5.74) is 1.57. The monoisotopic (exact) mass is 283 g/mol. The number of aromatic nitrogens is 1. The van der Waals surface area contributed by atoms with E-state index in [9.17, 15) is 9.59 Å². The minimum absolute atomic E-state index is 0.208. The number of carboxylic acid groups (broad SMARTS) is 1. The maximum atomic E-state index is 11.8. The Labute approximate surface area is 115 Å². The first kappa shape index (κ1) is 13.6. The molecular weight excluding hydrogens is 270 g/mol. The lowest BCUT2D eigenvalue weighted by Crippen LogP contribution is -2.44. The second-order valence-electron chi connectivity index (χ2n) is 4.18. The summed E-state index contributed by atoms with van der Waals surface area (Å²) in [6.07, 6.45) is 2.05. The summed E-state index contributed by atoms with van der Waals surface area (Å²) in [5.74, 6) is -0.653. The molecule has 19 heavy (non-hydrogen) atoms. The summed E-state index contributed by atoms with van der Waals surface area (Å²) in [7, 11) is 0. The lowest BCUT2D eigenvalue weighted by Gasteiger charge is -2.29. The Kier molecular flexibility index (Phi) is 4.21. The van der Waals surface area contributed by atoms with Crippen LogP contribution in [0.3, 0.4) is 0 Å². The van der Waals surface area contributed by atoms with Gasteiger partial charge in [-0.2, -0.15) is 0 Å². The van der Waals surface area contributed by atoms with Gasteiger partial charge in [0.1, 0.15) is 0 Å². The number of pyridine rings is 1. The Bertz CT molecular complexity index is 507. The summed E-state index contributed by atoms with van der Waals surface area (Å²) < 4.78 is 0. The van der Waals surface area contributed by atoms with Gasteiger partial charge in [-0.05, 0) is 6.07 Å². The van der Waals surface area contributed by atoms with Crippen molar-refractivity contribution >= 4 is 23.6 Å². The highest BCUT2D eigenvalue weighted by Gasteiger charge is 2.25. The molecule has 7 heteroatoms. The van der Waals surface area contributed by atoms with E-state index in [1.54, 1.807) is 4.90 Å². The Balaban J connectivity index is 2.18. The van der Waals surface area contributed by atoms with Crippen molar-refractivity contribution in [2.45, 2.75) is 13.0 Å². The van der Waals surface area contributed by atoms with Gasteiger partial charge in [0, 0.05) is 42.8 Å². The number of aromatic carboxylic acids is 1. The molecule has 1 aromatic rings. The van der Waals surface area contributed by atoms with Crippen molar-refractivity contribution in [3.63, 3.8) is 0 Å². The van der Waals surface area contributed by atoms with Gasteiger partial charge in [0.05, 0.1) is 12.1 Å². The average molecular weight is 284 g/mol. The molecule has 2 N–H and O–H groups in total. The standard InChI is InChI=1S/C12H14ClN3O3/c13-3-5-15-12(19)16-6-2-10-9(7-16)8(11(17)18)1-4-14-10/h1,4H,2-3,5-7H2,(H,15,19)(H,17,18). The highest BCUT2D eigenvalue weighted by Crippen LogP contribution is 2.20. The SMILES string of the molecule is O=C(O)c1ccnc2c1CN(C(=O)NCCCl)CC2. The lowest BCUT2D eigenvalue weighted by atomic mass is 10.0. The molecule has 0 aromatic carbocycles. The third-order valence-electron chi connectivity index (χ3n) is 3.00. The van der Waals surface area contributed by atoms with Gasteiger partial charge in [-0.1, -0.05) is 0 Å². The van der Waals surface area contributed by atoms with Crippen molar-refractivity contribution in [3.8, 4) is 0 Å². The molecule has 0 unspecified atom stereocenters. The van der Waals surface area contributed by atoms with Crippen molar-refractivity contribution in [2.24, 2.45) is 0 Å². The smallest absolute Gasteiger partial charge is 0.336 e. The molecule has 6 nitrogen and oxygen atoms in total. The number of amides is 2. The molecule has 0 atom stereocenters. The van der Waals surface area contributed by atoms with Crippen LogP contribution in [0.5, 0.6) is 0 Å². The first-order valence-electron chi connectivity index (χ1n) is 5.92. The van der Waals surface area contributed by atoms with E-state index in [4.69, 9.17) is 16.7 Å². The molecule has 0 saturated heterocycles. The van der Waals surface area contributed by atoms with Gasteiger partial charge in [-0.25, -0.2) is 9.59 Å². The molecule has 0 radical (unpaired) electrons. The molecule has 1 aliphatic heterocycles. The van der Waals surface area contributed by atoms with Crippen molar-refractivity contribution in [1.82, 2.24) is 15.2 Å². The fourth-order valence-electron chi connectivity index (χ4n) is 2.08. The molecule has 1 aromatic heterocycles. The largest absolute Gasteiger partial charge is 0.478 e. The van der Waals surface area contributed by atoms with Gasteiger partial charge in [0.25, 0.3) is 0 Å². The molecule has 0 saturated carbocycles. The van der Waals surface area contributed by atoms with Crippen LogP contribution in [0, 0.1) is 0 Å². The van der Waals surface area contributed by atoms with Crippen LogP contribution in [0.4, 0.5) is 4.79 Å². The molecule has 2 amide bonds. The normalized spacial score (nSPS) is 13.8. The zero-order chi connectivity index (χ0) is 13.8. The van der Waals surface area contributed by atoms with Crippen LogP contribution in [0.1, 0.15) is 21.6 Å². The zero-order valence-electron chi connectivity index (χ0n) is 10.2. The topological polar surface area (TPSA) is 82.5 Å². The third kappa shape index (κ3) is 2.96. The number of nitrogens with zero attached hydrogens (tertiary/aromatic N) is 2. The number of halogens is 1. The number of carbonyl (C=O) groups excluding carboxylic acids is 1. The summed E-state index contributed by atoms with van der Waals surface area (Å²) in [4.78, 5) is 28.7. The predicted octanol–water partition coefficient (Wildman–Crippen LogP) is 1.09. The Hall–Kier alpha value is -1.82. The van der Waals surface area contributed by atoms with Gasteiger partial charge in [-0.15, -0.1) is 11.6 Å². The summed E-state index contributed by atoms with van der Waals surface area (Å²) in [6, 6.07) is 1.23. The number of carboxylic acids is 1. The first-order chi connectivity index (χ1) is 9.13. The average Bonchev–Trinajstić information content (AvgIpc) is 2.43.